The quantitative estimate of drug-likeness (QED) is 0.742. The van der Waals surface area contributed by atoms with Crippen molar-refractivity contribution in [3.05, 3.63) is 0 Å². The third kappa shape index (κ3) is 4.78. The summed E-state index contributed by atoms with van der Waals surface area (Å²) in [6, 6.07) is 0.810. The van der Waals surface area contributed by atoms with Crippen molar-refractivity contribution in [1.29, 1.82) is 0 Å². The Balaban J connectivity index is 1.66. The average molecular weight is 282 g/mol. The number of aliphatic carboxylic acids is 1. The lowest BCUT2D eigenvalue weighted by Gasteiger charge is -2.22. The third-order valence-electron chi connectivity index (χ3n) is 4.24. The highest BCUT2D eigenvalue weighted by molar-refractivity contribution is 5.77. The van der Waals surface area contributed by atoms with Crippen molar-refractivity contribution >= 4 is 11.9 Å². The molecular formula is C15H26N2O3. The van der Waals surface area contributed by atoms with Crippen molar-refractivity contribution in [3.63, 3.8) is 0 Å². The molecule has 2 rings (SSSR count). The van der Waals surface area contributed by atoms with Crippen LogP contribution in [0.15, 0.2) is 0 Å². The molecule has 0 radical (unpaired) electrons. The lowest BCUT2D eigenvalue weighted by atomic mass is 9.85. The first kappa shape index (κ1) is 15.3. The van der Waals surface area contributed by atoms with E-state index in [1.807, 2.05) is 13.8 Å². The molecular weight excluding hydrogens is 256 g/mol. The molecule has 1 heterocycles. The van der Waals surface area contributed by atoms with E-state index in [1.165, 1.54) is 12.8 Å². The van der Waals surface area contributed by atoms with Crippen LogP contribution >= 0.6 is 0 Å². The number of rotatable bonds is 7. The second-order valence-corrected chi connectivity index (χ2v) is 7.10. The van der Waals surface area contributed by atoms with E-state index in [4.69, 9.17) is 5.11 Å². The molecule has 0 bridgehead atoms. The van der Waals surface area contributed by atoms with Crippen molar-refractivity contribution in [2.75, 3.05) is 19.6 Å². The van der Waals surface area contributed by atoms with Gasteiger partial charge >= 0.3 is 5.97 Å². The Morgan fingerprint density at radius 1 is 1.25 bits per heavy atom. The molecule has 2 aliphatic rings. The molecule has 0 spiro atoms. The maximum atomic E-state index is 11.9. The summed E-state index contributed by atoms with van der Waals surface area (Å²) in [4.78, 5) is 25.2. The number of hydrogen-bond donors (Lipinski definition) is 2. The molecule has 1 saturated heterocycles. The molecule has 1 aliphatic carbocycles. The van der Waals surface area contributed by atoms with E-state index in [1.54, 1.807) is 0 Å². The van der Waals surface area contributed by atoms with Crippen LogP contribution in [0.4, 0.5) is 0 Å². The number of carbonyl (C=O) groups is 2. The second-order valence-electron chi connectivity index (χ2n) is 7.10. The molecule has 0 aromatic rings. The number of hydrogen-bond acceptors (Lipinski definition) is 3. The third-order valence-corrected chi connectivity index (χ3v) is 4.24. The van der Waals surface area contributed by atoms with Crippen LogP contribution in [0.5, 0.6) is 0 Å². The van der Waals surface area contributed by atoms with Gasteiger partial charge in [-0.1, -0.05) is 13.8 Å². The minimum absolute atomic E-state index is 0.0267. The van der Waals surface area contributed by atoms with Gasteiger partial charge in [0.2, 0.25) is 5.91 Å². The van der Waals surface area contributed by atoms with Gasteiger partial charge in [-0.15, -0.1) is 0 Å². The molecule has 1 atom stereocenters. The molecule has 5 heteroatoms. The fraction of sp³-hybridized carbons (Fsp3) is 0.867. The van der Waals surface area contributed by atoms with Crippen LogP contribution in [0.3, 0.4) is 0 Å². The van der Waals surface area contributed by atoms with Gasteiger partial charge in [0.25, 0.3) is 0 Å². The van der Waals surface area contributed by atoms with Gasteiger partial charge < -0.3 is 15.3 Å². The van der Waals surface area contributed by atoms with Crippen molar-refractivity contribution in [2.45, 2.75) is 52.0 Å². The Kier molecular flexibility index (Phi) is 4.68. The van der Waals surface area contributed by atoms with Crippen LogP contribution in [-0.2, 0) is 9.59 Å². The van der Waals surface area contributed by atoms with Gasteiger partial charge in [-0.25, -0.2) is 0 Å². The van der Waals surface area contributed by atoms with Crippen LogP contribution in [-0.4, -0.2) is 47.6 Å². The molecule has 1 amide bonds. The molecule has 2 N–H and O–H groups in total. The normalized spacial score (nSPS) is 23.8. The molecule has 0 aromatic heterocycles. The SMILES string of the molecule is CC(C)(CC(=O)O)CC(=O)NCC1CCN(C2CC2)C1. The summed E-state index contributed by atoms with van der Waals surface area (Å²) >= 11 is 0. The summed E-state index contributed by atoms with van der Waals surface area (Å²) in [5.74, 6) is -0.318. The van der Waals surface area contributed by atoms with E-state index >= 15 is 0 Å². The van der Waals surface area contributed by atoms with Gasteiger partial charge in [-0.2, -0.15) is 0 Å². The van der Waals surface area contributed by atoms with Crippen molar-refractivity contribution in [3.8, 4) is 0 Å². The zero-order valence-corrected chi connectivity index (χ0v) is 12.5. The first-order chi connectivity index (χ1) is 9.35. The second kappa shape index (κ2) is 6.12. The average Bonchev–Trinajstić information content (AvgIpc) is 3.04. The van der Waals surface area contributed by atoms with E-state index < -0.39 is 11.4 Å². The maximum absolute atomic E-state index is 11.9. The zero-order chi connectivity index (χ0) is 14.8. The molecule has 1 saturated carbocycles. The molecule has 5 nitrogen and oxygen atoms in total. The van der Waals surface area contributed by atoms with E-state index in [2.05, 4.69) is 10.2 Å². The monoisotopic (exact) mass is 282 g/mol. The molecule has 1 aliphatic heterocycles. The van der Waals surface area contributed by atoms with Crippen LogP contribution < -0.4 is 5.32 Å². The molecule has 0 aromatic carbocycles. The van der Waals surface area contributed by atoms with E-state index in [-0.39, 0.29) is 18.7 Å². The molecule has 114 valence electrons. The highest BCUT2D eigenvalue weighted by atomic mass is 16.4. The number of carboxylic acid groups (broad SMARTS) is 1. The molecule has 2 fully saturated rings. The van der Waals surface area contributed by atoms with Gasteiger partial charge in [0.15, 0.2) is 0 Å². The minimum atomic E-state index is -0.848. The lowest BCUT2D eigenvalue weighted by molar-refractivity contribution is -0.139. The van der Waals surface area contributed by atoms with Gasteiger partial charge in [0, 0.05) is 25.6 Å². The van der Waals surface area contributed by atoms with Crippen LogP contribution in [0.1, 0.15) is 46.0 Å². The van der Waals surface area contributed by atoms with Crippen molar-refractivity contribution < 1.29 is 14.7 Å². The fourth-order valence-corrected chi connectivity index (χ4v) is 3.03. The predicted molar refractivity (Wildman–Crippen MR) is 76.4 cm³/mol. The van der Waals surface area contributed by atoms with Crippen molar-refractivity contribution in [1.82, 2.24) is 10.2 Å². The Morgan fingerprint density at radius 3 is 2.55 bits per heavy atom. The van der Waals surface area contributed by atoms with Gasteiger partial charge in [0.05, 0.1) is 6.42 Å². The van der Waals surface area contributed by atoms with Crippen molar-refractivity contribution in [2.24, 2.45) is 11.3 Å². The van der Waals surface area contributed by atoms with E-state index in [0.717, 1.165) is 32.1 Å². The zero-order valence-electron chi connectivity index (χ0n) is 12.5. The number of nitrogens with one attached hydrogen (secondary N) is 1. The highest BCUT2D eigenvalue weighted by Crippen LogP contribution is 2.31. The Morgan fingerprint density at radius 2 is 1.95 bits per heavy atom. The smallest absolute Gasteiger partial charge is 0.303 e. The summed E-state index contributed by atoms with van der Waals surface area (Å²) in [6.07, 6.45) is 4.14. The van der Waals surface area contributed by atoms with E-state index in [0.29, 0.717) is 5.92 Å². The van der Waals surface area contributed by atoms with Crippen LogP contribution in [0.2, 0.25) is 0 Å². The van der Waals surface area contributed by atoms with Gasteiger partial charge in [-0.3, -0.25) is 9.59 Å². The Labute approximate surface area is 120 Å². The van der Waals surface area contributed by atoms with Crippen LogP contribution in [0, 0.1) is 11.3 Å². The summed E-state index contributed by atoms with van der Waals surface area (Å²) in [5, 5.41) is 11.8. The van der Waals surface area contributed by atoms with Gasteiger partial charge in [0.1, 0.15) is 0 Å². The number of carboxylic acids is 1. The summed E-state index contributed by atoms with van der Waals surface area (Å²) in [6.45, 7) is 6.64. The summed E-state index contributed by atoms with van der Waals surface area (Å²) in [7, 11) is 0. The predicted octanol–water partition coefficient (Wildman–Crippen LogP) is 1.48. The van der Waals surface area contributed by atoms with Crippen LogP contribution in [0.25, 0.3) is 0 Å². The number of carbonyl (C=O) groups excluding carboxylic acids is 1. The number of nitrogens with zero attached hydrogens (tertiary/aromatic N) is 1. The standard InChI is InChI=1S/C15H26N2O3/c1-15(2,8-14(19)20)7-13(18)16-9-11-5-6-17(10-11)12-3-4-12/h11-12H,3-10H2,1-2H3,(H,16,18)(H,19,20). The molecule has 20 heavy (non-hydrogen) atoms. The minimum Gasteiger partial charge on any atom is -0.481 e. The maximum Gasteiger partial charge on any atom is 0.303 e. The Bertz CT molecular complexity index is 377. The fourth-order valence-electron chi connectivity index (χ4n) is 3.03. The Hall–Kier alpha value is -1.10. The molecule has 1 unspecified atom stereocenters. The topological polar surface area (TPSA) is 69.6 Å². The first-order valence-electron chi connectivity index (χ1n) is 7.58. The highest BCUT2D eigenvalue weighted by Gasteiger charge is 2.34. The number of amides is 1. The first-order valence-corrected chi connectivity index (χ1v) is 7.58. The lowest BCUT2D eigenvalue weighted by Crippen LogP contribution is -2.34. The van der Waals surface area contributed by atoms with E-state index in [9.17, 15) is 9.59 Å². The number of likely N-dealkylation sites (tertiary alicyclic amines) is 1. The summed E-state index contributed by atoms with van der Waals surface area (Å²) in [5.41, 5.74) is -0.481. The van der Waals surface area contributed by atoms with Gasteiger partial charge in [-0.05, 0) is 37.1 Å². The largest absolute Gasteiger partial charge is 0.481 e. The summed E-state index contributed by atoms with van der Waals surface area (Å²) < 4.78 is 0.